The molecule has 116 valence electrons. The number of pyridine rings is 1. The SMILES string of the molecule is COc1ccccc1Oc1ncnc(Nc2ccncc2)c1N. The molecular formula is C16H15N5O2. The lowest BCUT2D eigenvalue weighted by molar-refractivity contribution is 0.374. The molecule has 3 aromatic rings. The molecule has 2 heterocycles. The van der Waals surface area contributed by atoms with Crippen molar-refractivity contribution in [3.8, 4) is 17.4 Å². The van der Waals surface area contributed by atoms with Gasteiger partial charge >= 0.3 is 0 Å². The Morgan fingerprint density at radius 2 is 1.74 bits per heavy atom. The molecule has 0 saturated heterocycles. The monoisotopic (exact) mass is 309 g/mol. The minimum Gasteiger partial charge on any atom is -0.493 e. The van der Waals surface area contributed by atoms with E-state index >= 15 is 0 Å². The van der Waals surface area contributed by atoms with E-state index in [2.05, 4.69) is 20.3 Å². The standard InChI is InChI=1S/C16H15N5O2/c1-22-12-4-2-3-5-13(12)23-16-14(17)15(19-10-20-16)21-11-6-8-18-9-7-11/h2-10H,17H2,1H3,(H,18,19,20,21). The molecule has 7 nitrogen and oxygen atoms in total. The highest BCUT2D eigenvalue weighted by Gasteiger charge is 2.12. The summed E-state index contributed by atoms with van der Waals surface area (Å²) in [6.45, 7) is 0. The second-order valence-electron chi connectivity index (χ2n) is 4.55. The molecule has 0 atom stereocenters. The van der Waals surface area contributed by atoms with Crippen LogP contribution in [0.15, 0.2) is 55.1 Å². The van der Waals surface area contributed by atoms with E-state index in [-0.39, 0.29) is 5.88 Å². The lowest BCUT2D eigenvalue weighted by Gasteiger charge is -2.13. The Labute approximate surface area is 133 Å². The Morgan fingerprint density at radius 3 is 2.48 bits per heavy atom. The van der Waals surface area contributed by atoms with E-state index in [1.807, 2.05) is 24.3 Å². The molecule has 0 aliphatic carbocycles. The van der Waals surface area contributed by atoms with Crippen LogP contribution in [0.3, 0.4) is 0 Å². The topological polar surface area (TPSA) is 95.2 Å². The quantitative estimate of drug-likeness (QED) is 0.748. The van der Waals surface area contributed by atoms with Gasteiger partial charge in [0.2, 0.25) is 5.88 Å². The predicted octanol–water partition coefficient (Wildman–Crippen LogP) is 3.00. The van der Waals surface area contributed by atoms with Crippen LogP contribution in [0.4, 0.5) is 17.2 Å². The minimum atomic E-state index is 0.251. The first-order chi connectivity index (χ1) is 11.3. The van der Waals surface area contributed by atoms with Gasteiger partial charge in [0.1, 0.15) is 12.0 Å². The summed E-state index contributed by atoms with van der Waals surface area (Å²) in [5.41, 5.74) is 7.22. The number of hydrogen-bond donors (Lipinski definition) is 2. The number of benzene rings is 1. The molecule has 0 spiro atoms. The fraction of sp³-hybridized carbons (Fsp3) is 0.0625. The lowest BCUT2D eigenvalue weighted by atomic mass is 10.3. The number of nitrogens with zero attached hydrogens (tertiary/aromatic N) is 3. The molecule has 23 heavy (non-hydrogen) atoms. The van der Waals surface area contributed by atoms with Crippen LogP contribution < -0.4 is 20.5 Å². The summed E-state index contributed by atoms with van der Waals surface area (Å²) in [7, 11) is 1.57. The van der Waals surface area contributed by atoms with E-state index in [4.69, 9.17) is 15.2 Å². The molecule has 7 heteroatoms. The van der Waals surface area contributed by atoms with Crippen molar-refractivity contribution in [3.05, 3.63) is 55.1 Å². The number of nitrogens with one attached hydrogen (secondary N) is 1. The molecule has 0 bridgehead atoms. The van der Waals surface area contributed by atoms with Crippen LogP contribution in [0.5, 0.6) is 17.4 Å². The summed E-state index contributed by atoms with van der Waals surface area (Å²) in [4.78, 5) is 12.2. The molecule has 2 aromatic heterocycles. The summed E-state index contributed by atoms with van der Waals surface area (Å²) < 4.78 is 11.0. The van der Waals surface area contributed by atoms with Crippen molar-refractivity contribution in [3.63, 3.8) is 0 Å². The molecule has 3 N–H and O–H groups in total. The third kappa shape index (κ3) is 3.29. The molecule has 1 aromatic carbocycles. The first kappa shape index (κ1) is 14.6. The number of aromatic nitrogens is 3. The van der Waals surface area contributed by atoms with Gasteiger partial charge in [0.25, 0.3) is 0 Å². The van der Waals surface area contributed by atoms with Gasteiger partial charge in [0, 0.05) is 18.1 Å². The van der Waals surface area contributed by atoms with E-state index in [1.165, 1.54) is 6.33 Å². The number of hydrogen-bond acceptors (Lipinski definition) is 7. The van der Waals surface area contributed by atoms with Crippen molar-refractivity contribution in [2.45, 2.75) is 0 Å². The van der Waals surface area contributed by atoms with Gasteiger partial charge < -0.3 is 20.5 Å². The summed E-state index contributed by atoms with van der Waals surface area (Å²) in [6, 6.07) is 10.9. The number of ether oxygens (including phenoxy) is 2. The van der Waals surface area contributed by atoms with Gasteiger partial charge in [-0.25, -0.2) is 4.98 Å². The fourth-order valence-electron chi connectivity index (χ4n) is 1.94. The van der Waals surface area contributed by atoms with E-state index in [1.54, 1.807) is 31.6 Å². The molecule has 0 aliphatic heterocycles. The first-order valence-electron chi connectivity index (χ1n) is 6.86. The Kier molecular flexibility index (Phi) is 4.19. The zero-order valence-electron chi connectivity index (χ0n) is 12.4. The van der Waals surface area contributed by atoms with Gasteiger partial charge in [0.15, 0.2) is 17.3 Å². The van der Waals surface area contributed by atoms with Crippen molar-refractivity contribution < 1.29 is 9.47 Å². The highest BCUT2D eigenvalue weighted by molar-refractivity contribution is 5.72. The second kappa shape index (κ2) is 6.61. The van der Waals surface area contributed by atoms with Crippen molar-refractivity contribution in [1.82, 2.24) is 15.0 Å². The van der Waals surface area contributed by atoms with Crippen molar-refractivity contribution in [1.29, 1.82) is 0 Å². The third-order valence-corrected chi connectivity index (χ3v) is 3.07. The molecule has 0 unspecified atom stereocenters. The summed E-state index contributed by atoms with van der Waals surface area (Å²) in [6.07, 6.45) is 4.72. The number of methoxy groups -OCH3 is 1. The normalized spacial score (nSPS) is 10.1. The molecule has 0 saturated carbocycles. The van der Waals surface area contributed by atoms with Crippen LogP contribution in [-0.4, -0.2) is 22.1 Å². The highest BCUT2D eigenvalue weighted by Crippen LogP contribution is 2.34. The average molecular weight is 309 g/mol. The second-order valence-corrected chi connectivity index (χ2v) is 4.55. The number of para-hydroxylation sites is 2. The number of nitrogens with two attached hydrogens (primary N) is 1. The Hall–Kier alpha value is -3.35. The molecule has 0 amide bonds. The first-order valence-corrected chi connectivity index (χ1v) is 6.86. The van der Waals surface area contributed by atoms with E-state index in [9.17, 15) is 0 Å². The van der Waals surface area contributed by atoms with E-state index in [0.29, 0.717) is 23.0 Å². The third-order valence-electron chi connectivity index (χ3n) is 3.07. The van der Waals surface area contributed by atoms with Gasteiger partial charge in [-0.15, -0.1) is 0 Å². The molecular weight excluding hydrogens is 294 g/mol. The van der Waals surface area contributed by atoms with Gasteiger partial charge in [-0.2, -0.15) is 4.98 Å². The van der Waals surface area contributed by atoms with Gasteiger partial charge in [-0.1, -0.05) is 12.1 Å². The van der Waals surface area contributed by atoms with Crippen molar-refractivity contribution >= 4 is 17.2 Å². The van der Waals surface area contributed by atoms with Gasteiger partial charge in [-0.3, -0.25) is 4.98 Å². The number of nitrogen functional groups attached to an aromatic ring is 1. The summed E-state index contributed by atoms with van der Waals surface area (Å²) >= 11 is 0. The zero-order chi connectivity index (χ0) is 16.1. The molecule has 0 radical (unpaired) electrons. The average Bonchev–Trinajstić information content (AvgIpc) is 2.60. The van der Waals surface area contributed by atoms with Crippen LogP contribution in [0.1, 0.15) is 0 Å². The lowest BCUT2D eigenvalue weighted by Crippen LogP contribution is -2.03. The maximum Gasteiger partial charge on any atom is 0.248 e. The summed E-state index contributed by atoms with van der Waals surface area (Å²) in [5.74, 6) is 1.82. The van der Waals surface area contributed by atoms with Crippen LogP contribution in [-0.2, 0) is 0 Å². The molecule has 3 rings (SSSR count). The zero-order valence-corrected chi connectivity index (χ0v) is 12.4. The summed E-state index contributed by atoms with van der Waals surface area (Å²) in [5, 5.41) is 3.10. The Balaban J connectivity index is 1.88. The number of anilines is 3. The van der Waals surface area contributed by atoms with Crippen LogP contribution in [0, 0.1) is 0 Å². The van der Waals surface area contributed by atoms with E-state index < -0.39 is 0 Å². The maximum atomic E-state index is 6.10. The van der Waals surface area contributed by atoms with Crippen LogP contribution >= 0.6 is 0 Å². The van der Waals surface area contributed by atoms with Crippen LogP contribution in [0.25, 0.3) is 0 Å². The van der Waals surface area contributed by atoms with Crippen molar-refractivity contribution in [2.24, 2.45) is 0 Å². The molecule has 0 aliphatic rings. The van der Waals surface area contributed by atoms with Crippen LogP contribution in [0.2, 0.25) is 0 Å². The van der Waals surface area contributed by atoms with E-state index in [0.717, 1.165) is 5.69 Å². The van der Waals surface area contributed by atoms with Crippen molar-refractivity contribution in [2.75, 3.05) is 18.2 Å². The van der Waals surface area contributed by atoms with Gasteiger partial charge in [0.05, 0.1) is 7.11 Å². The smallest absolute Gasteiger partial charge is 0.248 e. The van der Waals surface area contributed by atoms with Gasteiger partial charge in [-0.05, 0) is 24.3 Å². The number of rotatable bonds is 5. The maximum absolute atomic E-state index is 6.10. The highest BCUT2D eigenvalue weighted by atomic mass is 16.5. The minimum absolute atomic E-state index is 0.251. The largest absolute Gasteiger partial charge is 0.493 e. The fourth-order valence-corrected chi connectivity index (χ4v) is 1.94. The Morgan fingerprint density at radius 1 is 1.00 bits per heavy atom. The predicted molar refractivity (Wildman–Crippen MR) is 87.0 cm³/mol. The Bertz CT molecular complexity index is 795. The molecule has 0 fully saturated rings.